The highest BCUT2D eigenvalue weighted by atomic mass is 35.5. The molecule has 0 atom stereocenters. The molecule has 1 aromatic heterocycles. The van der Waals surface area contributed by atoms with Gasteiger partial charge in [-0.15, -0.1) is 0 Å². The number of unbranched alkanes of at least 4 members (excludes halogenated alkanes) is 1. The van der Waals surface area contributed by atoms with E-state index in [9.17, 15) is 0 Å². The first-order valence-electron chi connectivity index (χ1n) is 6.20. The molecular weight excluding hydrogens is 236 g/mol. The largest absolute Gasteiger partial charge is 0.396 e. The summed E-state index contributed by atoms with van der Waals surface area (Å²) in [6, 6.07) is 3.89. The van der Waals surface area contributed by atoms with Crippen LogP contribution in [0.2, 0.25) is 5.15 Å². The number of pyridine rings is 1. The first kappa shape index (κ1) is 14.4. The topological polar surface area (TPSA) is 36.4 Å². The highest BCUT2D eigenvalue weighted by Gasteiger charge is 2.05. The molecule has 1 N–H and O–H groups in total. The normalized spacial score (nSPS) is 11.1. The van der Waals surface area contributed by atoms with Gasteiger partial charge in [0, 0.05) is 25.9 Å². The minimum atomic E-state index is 0.250. The number of nitrogens with zero attached hydrogens (tertiary/aromatic N) is 2. The maximum Gasteiger partial charge on any atom is 0.129 e. The summed E-state index contributed by atoms with van der Waals surface area (Å²) in [6.45, 7) is 5.31. The number of aliphatic hydroxyl groups excluding tert-OH is 1. The number of halogens is 1. The van der Waals surface area contributed by atoms with Gasteiger partial charge in [-0.05, 0) is 37.1 Å². The van der Waals surface area contributed by atoms with Gasteiger partial charge in [-0.25, -0.2) is 4.98 Å². The van der Waals surface area contributed by atoms with Crippen molar-refractivity contribution in [3.63, 3.8) is 0 Å². The van der Waals surface area contributed by atoms with Crippen molar-refractivity contribution in [1.29, 1.82) is 0 Å². The van der Waals surface area contributed by atoms with Crippen LogP contribution in [0.1, 0.15) is 31.7 Å². The van der Waals surface area contributed by atoms with Gasteiger partial charge in [-0.2, -0.15) is 0 Å². The van der Waals surface area contributed by atoms with Crippen LogP contribution in [0.5, 0.6) is 0 Å². The zero-order valence-corrected chi connectivity index (χ0v) is 11.2. The molecule has 0 aliphatic carbocycles. The molecule has 0 amide bonds. The van der Waals surface area contributed by atoms with E-state index in [2.05, 4.69) is 16.8 Å². The Morgan fingerprint density at radius 3 is 2.76 bits per heavy atom. The summed E-state index contributed by atoms with van der Waals surface area (Å²) in [5.41, 5.74) is 1.18. The number of hydrogen-bond acceptors (Lipinski definition) is 3. The standard InChI is InChI=1S/C13H21ClN2O/c1-2-3-7-16(8-4-9-17)11-12-5-6-15-13(14)10-12/h5-6,10,17H,2-4,7-9,11H2,1H3. The zero-order valence-electron chi connectivity index (χ0n) is 10.4. The lowest BCUT2D eigenvalue weighted by Crippen LogP contribution is -2.26. The van der Waals surface area contributed by atoms with E-state index >= 15 is 0 Å². The first-order valence-corrected chi connectivity index (χ1v) is 6.57. The third kappa shape index (κ3) is 6.01. The molecule has 0 saturated carbocycles. The Morgan fingerprint density at radius 2 is 2.12 bits per heavy atom. The van der Waals surface area contributed by atoms with Gasteiger partial charge in [0.05, 0.1) is 0 Å². The van der Waals surface area contributed by atoms with Crippen LogP contribution in [0.25, 0.3) is 0 Å². The molecule has 96 valence electrons. The molecule has 0 aliphatic heterocycles. The molecule has 1 heterocycles. The molecule has 1 aromatic rings. The van der Waals surface area contributed by atoms with Crippen LogP contribution < -0.4 is 0 Å². The smallest absolute Gasteiger partial charge is 0.129 e. The van der Waals surface area contributed by atoms with Gasteiger partial charge in [-0.1, -0.05) is 24.9 Å². The molecule has 17 heavy (non-hydrogen) atoms. The Balaban J connectivity index is 2.51. The third-order valence-electron chi connectivity index (χ3n) is 2.66. The summed E-state index contributed by atoms with van der Waals surface area (Å²) >= 11 is 5.87. The van der Waals surface area contributed by atoms with Crippen molar-refractivity contribution in [2.75, 3.05) is 19.7 Å². The summed E-state index contributed by atoms with van der Waals surface area (Å²) in [5.74, 6) is 0. The molecule has 0 aromatic carbocycles. The van der Waals surface area contributed by atoms with Crippen molar-refractivity contribution >= 4 is 11.6 Å². The van der Waals surface area contributed by atoms with Gasteiger partial charge in [0.1, 0.15) is 5.15 Å². The van der Waals surface area contributed by atoms with Crippen LogP contribution in [0.4, 0.5) is 0 Å². The fourth-order valence-electron chi connectivity index (χ4n) is 1.75. The van der Waals surface area contributed by atoms with Crippen molar-refractivity contribution in [1.82, 2.24) is 9.88 Å². The van der Waals surface area contributed by atoms with Gasteiger partial charge < -0.3 is 5.11 Å². The van der Waals surface area contributed by atoms with E-state index in [1.807, 2.05) is 12.1 Å². The van der Waals surface area contributed by atoms with Crippen molar-refractivity contribution in [3.05, 3.63) is 29.0 Å². The lowest BCUT2D eigenvalue weighted by Gasteiger charge is -2.21. The van der Waals surface area contributed by atoms with Crippen molar-refractivity contribution in [2.24, 2.45) is 0 Å². The molecule has 0 fully saturated rings. The average Bonchev–Trinajstić information content (AvgIpc) is 2.32. The summed E-state index contributed by atoms with van der Waals surface area (Å²) in [7, 11) is 0. The van der Waals surface area contributed by atoms with E-state index in [1.54, 1.807) is 6.20 Å². The Hall–Kier alpha value is -0.640. The van der Waals surface area contributed by atoms with E-state index in [1.165, 1.54) is 18.4 Å². The molecule has 0 unspecified atom stereocenters. The van der Waals surface area contributed by atoms with Gasteiger partial charge >= 0.3 is 0 Å². The molecule has 0 bridgehead atoms. The van der Waals surface area contributed by atoms with Crippen LogP contribution in [0.15, 0.2) is 18.3 Å². The zero-order chi connectivity index (χ0) is 12.5. The van der Waals surface area contributed by atoms with E-state index < -0.39 is 0 Å². The van der Waals surface area contributed by atoms with Crippen LogP contribution in [-0.2, 0) is 6.54 Å². The van der Waals surface area contributed by atoms with Gasteiger partial charge in [-0.3, -0.25) is 4.90 Å². The minimum Gasteiger partial charge on any atom is -0.396 e. The van der Waals surface area contributed by atoms with E-state index in [0.717, 1.165) is 26.1 Å². The first-order chi connectivity index (χ1) is 8.26. The molecule has 4 heteroatoms. The van der Waals surface area contributed by atoms with Gasteiger partial charge in [0.15, 0.2) is 0 Å². The Morgan fingerprint density at radius 1 is 1.35 bits per heavy atom. The lowest BCUT2D eigenvalue weighted by atomic mass is 10.2. The maximum absolute atomic E-state index is 8.89. The second kappa shape index (κ2) is 8.45. The highest BCUT2D eigenvalue weighted by molar-refractivity contribution is 6.29. The molecule has 0 spiro atoms. The second-order valence-corrected chi connectivity index (χ2v) is 4.58. The SMILES string of the molecule is CCCCN(CCCO)Cc1ccnc(Cl)c1. The molecule has 1 rings (SSSR count). The predicted octanol–water partition coefficient (Wildman–Crippen LogP) is 2.72. The third-order valence-corrected chi connectivity index (χ3v) is 2.86. The predicted molar refractivity (Wildman–Crippen MR) is 71.1 cm³/mol. The number of rotatable bonds is 8. The van der Waals surface area contributed by atoms with E-state index in [0.29, 0.717) is 5.15 Å². The van der Waals surface area contributed by atoms with E-state index in [-0.39, 0.29) is 6.61 Å². The van der Waals surface area contributed by atoms with Gasteiger partial charge in [0.25, 0.3) is 0 Å². The minimum absolute atomic E-state index is 0.250. The quantitative estimate of drug-likeness (QED) is 0.727. The van der Waals surface area contributed by atoms with Crippen LogP contribution in [0.3, 0.4) is 0 Å². The Labute approximate surface area is 108 Å². The number of aliphatic hydroxyl groups is 1. The molecule has 0 saturated heterocycles. The molecule has 0 radical (unpaired) electrons. The average molecular weight is 257 g/mol. The fourth-order valence-corrected chi connectivity index (χ4v) is 1.94. The van der Waals surface area contributed by atoms with Crippen LogP contribution in [0, 0.1) is 0 Å². The van der Waals surface area contributed by atoms with Crippen molar-refractivity contribution < 1.29 is 5.11 Å². The van der Waals surface area contributed by atoms with Crippen LogP contribution in [-0.4, -0.2) is 34.7 Å². The molecule has 0 aliphatic rings. The number of aromatic nitrogens is 1. The summed E-state index contributed by atoms with van der Waals surface area (Å²) < 4.78 is 0. The monoisotopic (exact) mass is 256 g/mol. The van der Waals surface area contributed by atoms with Crippen LogP contribution >= 0.6 is 11.6 Å². The van der Waals surface area contributed by atoms with E-state index in [4.69, 9.17) is 16.7 Å². The molecule has 3 nitrogen and oxygen atoms in total. The summed E-state index contributed by atoms with van der Waals surface area (Å²) in [6.07, 6.45) is 4.93. The summed E-state index contributed by atoms with van der Waals surface area (Å²) in [5, 5.41) is 9.43. The highest BCUT2D eigenvalue weighted by Crippen LogP contribution is 2.10. The molecular formula is C13H21ClN2O. The summed E-state index contributed by atoms with van der Waals surface area (Å²) in [4.78, 5) is 6.33. The second-order valence-electron chi connectivity index (χ2n) is 4.19. The van der Waals surface area contributed by atoms with Crippen molar-refractivity contribution in [2.45, 2.75) is 32.7 Å². The van der Waals surface area contributed by atoms with Crippen molar-refractivity contribution in [3.8, 4) is 0 Å². The number of hydrogen-bond donors (Lipinski definition) is 1. The lowest BCUT2D eigenvalue weighted by molar-refractivity contribution is 0.216. The maximum atomic E-state index is 8.89. The Kier molecular flexibility index (Phi) is 7.17. The Bertz CT molecular complexity index is 312. The van der Waals surface area contributed by atoms with Gasteiger partial charge in [0.2, 0.25) is 0 Å². The fraction of sp³-hybridized carbons (Fsp3) is 0.615.